The predicted octanol–water partition coefficient (Wildman–Crippen LogP) is 2.65. The highest BCUT2D eigenvalue weighted by Crippen LogP contribution is 2.28. The van der Waals surface area contributed by atoms with Crippen molar-refractivity contribution in [1.29, 1.82) is 0 Å². The highest BCUT2D eigenvalue weighted by molar-refractivity contribution is 5.95. The molecular formula is C20H24N4O2. The molecule has 2 aromatic rings. The molecule has 0 spiro atoms. The van der Waals surface area contributed by atoms with Crippen molar-refractivity contribution >= 4 is 17.4 Å². The zero-order chi connectivity index (χ0) is 18.4. The number of nitrogens with zero attached hydrogens (tertiary/aromatic N) is 3. The Morgan fingerprint density at radius 1 is 1.27 bits per heavy atom. The molecule has 136 valence electrons. The molecule has 1 aromatic carbocycles. The van der Waals surface area contributed by atoms with Crippen LogP contribution in [0.3, 0.4) is 0 Å². The summed E-state index contributed by atoms with van der Waals surface area (Å²) < 4.78 is 5.44. The smallest absolute Gasteiger partial charge is 0.254 e. The van der Waals surface area contributed by atoms with Gasteiger partial charge in [-0.05, 0) is 24.3 Å². The lowest BCUT2D eigenvalue weighted by atomic mass is 10.2. The number of hydrogen-bond donors (Lipinski definition) is 1. The first-order valence-corrected chi connectivity index (χ1v) is 8.71. The Balaban J connectivity index is 1.64. The third-order valence-electron chi connectivity index (χ3n) is 4.43. The van der Waals surface area contributed by atoms with E-state index in [9.17, 15) is 4.79 Å². The third-order valence-corrected chi connectivity index (χ3v) is 4.43. The molecule has 0 radical (unpaired) electrons. The SMILES string of the molecule is C=CCNc1cc(C(=O)N2CCN(c3ccccc3OC)CC2)ccn1. The number of amides is 1. The average molecular weight is 352 g/mol. The molecule has 1 aromatic heterocycles. The number of aromatic nitrogens is 1. The van der Waals surface area contributed by atoms with Crippen LogP contribution < -0.4 is 15.0 Å². The van der Waals surface area contributed by atoms with Crippen molar-refractivity contribution in [3.63, 3.8) is 0 Å². The van der Waals surface area contributed by atoms with E-state index >= 15 is 0 Å². The molecule has 0 atom stereocenters. The van der Waals surface area contributed by atoms with Crippen LogP contribution in [0.1, 0.15) is 10.4 Å². The van der Waals surface area contributed by atoms with Gasteiger partial charge in [0.15, 0.2) is 0 Å². The first-order valence-electron chi connectivity index (χ1n) is 8.71. The summed E-state index contributed by atoms with van der Waals surface area (Å²) in [6.07, 6.45) is 3.41. The highest BCUT2D eigenvalue weighted by atomic mass is 16.5. The van der Waals surface area contributed by atoms with Crippen LogP contribution >= 0.6 is 0 Å². The van der Waals surface area contributed by atoms with Crippen molar-refractivity contribution in [3.8, 4) is 5.75 Å². The van der Waals surface area contributed by atoms with E-state index in [4.69, 9.17) is 4.74 Å². The molecule has 6 nitrogen and oxygen atoms in total. The van der Waals surface area contributed by atoms with Gasteiger partial charge in [0, 0.05) is 44.5 Å². The Bertz CT molecular complexity index is 770. The Kier molecular flexibility index (Phi) is 5.73. The molecule has 0 saturated carbocycles. The minimum Gasteiger partial charge on any atom is -0.495 e. The van der Waals surface area contributed by atoms with E-state index in [2.05, 4.69) is 27.8 Å². The lowest BCUT2D eigenvalue weighted by Gasteiger charge is -2.36. The van der Waals surface area contributed by atoms with Crippen molar-refractivity contribution in [1.82, 2.24) is 9.88 Å². The second kappa shape index (κ2) is 8.38. The van der Waals surface area contributed by atoms with Crippen LogP contribution in [-0.4, -0.2) is 55.6 Å². The molecule has 3 rings (SSSR count). The zero-order valence-electron chi connectivity index (χ0n) is 15.0. The average Bonchev–Trinajstić information content (AvgIpc) is 2.72. The standard InChI is InChI=1S/C20H24N4O2/c1-3-9-21-19-15-16(8-10-22-19)20(25)24-13-11-23(12-14-24)17-6-4-5-7-18(17)26-2/h3-8,10,15H,1,9,11-14H2,2H3,(H,21,22). The number of piperazine rings is 1. The Morgan fingerprint density at radius 2 is 2.04 bits per heavy atom. The topological polar surface area (TPSA) is 57.7 Å². The second-order valence-corrected chi connectivity index (χ2v) is 6.05. The van der Waals surface area contributed by atoms with Crippen molar-refractivity contribution < 1.29 is 9.53 Å². The van der Waals surface area contributed by atoms with Gasteiger partial charge < -0.3 is 19.9 Å². The maximum atomic E-state index is 12.8. The van der Waals surface area contributed by atoms with Crippen molar-refractivity contribution in [2.45, 2.75) is 0 Å². The predicted molar refractivity (Wildman–Crippen MR) is 104 cm³/mol. The fourth-order valence-corrected chi connectivity index (χ4v) is 3.06. The number of carbonyl (C=O) groups excluding carboxylic acids is 1. The number of pyridine rings is 1. The monoisotopic (exact) mass is 352 g/mol. The largest absolute Gasteiger partial charge is 0.495 e. The van der Waals surface area contributed by atoms with Crippen LogP contribution in [0.15, 0.2) is 55.3 Å². The molecule has 1 saturated heterocycles. The van der Waals surface area contributed by atoms with Crippen molar-refractivity contribution in [3.05, 3.63) is 60.8 Å². The third kappa shape index (κ3) is 3.96. The number of nitrogens with one attached hydrogen (secondary N) is 1. The molecule has 26 heavy (non-hydrogen) atoms. The summed E-state index contributed by atoms with van der Waals surface area (Å²) in [6, 6.07) is 11.5. The number of methoxy groups -OCH3 is 1. The lowest BCUT2D eigenvalue weighted by molar-refractivity contribution is 0.0746. The molecule has 1 aliphatic rings. The van der Waals surface area contributed by atoms with Gasteiger partial charge in [-0.2, -0.15) is 0 Å². The molecule has 0 unspecified atom stereocenters. The molecule has 0 aliphatic carbocycles. The first-order chi connectivity index (χ1) is 12.7. The number of anilines is 2. The molecule has 1 amide bonds. The van der Waals surface area contributed by atoms with Crippen molar-refractivity contribution in [2.75, 3.05) is 50.1 Å². The molecule has 1 aliphatic heterocycles. The maximum Gasteiger partial charge on any atom is 0.254 e. The molecular weight excluding hydrogens is 328 g/mol. The summed E-state index contributed by atoms with van der Waals surface area (Å²) in [7, 11) is 1.68. The van der Waals surface area contributed by atoms with Crippen molar-refractivity contribution in [2.24, 2.45) is 0 Å². The summed E-state index contributed by atoms with van der Waals surface area (Å²) in [5.74, 6) is 1.58. The molecule has 0 bridgehead atoms. The summed E-state index contributed by atoms with van der Waals surface area (Å²) in [5.41, 5.74) is 1.72. The van der Waals surface area contributed by atoms with Crippen LogP contribution in [0.5, 0.6) is 5.75 Å². The van der Waals surface area contributed by atoms with E-state index in [1.54, 1.807) is 31.5 Å². The number of carbonyl (C=O) groups is 1. The highest BCUT2D eigenvalue weighted by Gasteiger charge is 2.23. The Hall–Kier alpha value is -3.02. The first kappa shape index (κ1) is 17.8. The van der Waals surface area contributed by atoms with Gasteiger partial charge in [0.05, 0.1) is 12.8 Å². The molecule has 2 heterocycles. The zero-order valence-corrected chi connectivity index (χ0v) is 15.0. The number of ether oxygens (including phenoxy) is 1. The van der Waals surface area contributed by atoms with E-state index in [0.717, 1.165) is 24.5 Å². The van der Waals surface area contributed by atoms with Crippen LogP contribution in [0.2, 0.25) is 0 Å². The number of benzene rings is 1. The number of hydrogen-bond acceptors (Lipinski definition) is 5. The van der Waals surface area contributed by atoms with Gasteiger partial charge >= 0.3 is 0 Å². The van der Waals surface area contributed by atoms with E-state index in [1.165, 1.54) is 0 Å². The fourth-order valence-electron chi connectivity index (χ4n) is 3.06. The van der Waals surface area contributed by atoms with Crippen LogP contribution in [-0.2, 0) is 0 Å². The minimum absolute atomic E-state index is 0.0359. The summed E-state index contributed by atoms with van der Waals surface area (Å²) in [5, 5.41) is 3.11. The van der Waals surface area contributed by atoms with Crippen LogP contribution in [0, 0.1) is 0 Å². The normalized spacial score (nSPS) is 14.0. The van der Waals surface area contributed by atoms with E-state index in [-0.39, 0.29) is 5.91 Å². The molecule has 1 N–H and O–H groups in total. The second-order valence-electron chi connectivity index (χ2n) is 6.05. The lowest BCUT2D eigenvalue weighted by Crippen LogP contribution is -2.48. The Labute approximate surface area is 154 Å². The van der Waals surface area contributed by atoms with Gasteiger partial charge in [0.25, 0.3) is 5.91 Å². The number of para-hydroxylation sites is 2. The molecule has 6 heteroatoms. The van der Waals surface area contributed by atoms with Gasteiger partial charge in [-0.25, -0.2) is 4.98 Å². The van der Waals surface area contributed by atoms with Gasteiger partial charge in [-0.15, -0.1) is 6.58 Å². The Morgan fingerprint density at radius 3 is 2.77 bits per heavy atom. The van der Waals surface area contributed by atoms with E-state index in [1.807, 2.05) is 23.1 Å². The molecule has 1 fully saturated rings. The van der Waals surface area contributed by atoms with E-state index < -0.39 is 0 Å². The summed E-state index contributed by atoms with van der Waals surface area (Å²) >= 11 is 0. The van der Waals surface area contributed by atoms with Crippen LogP contribution in [0.4, 0.5) is 11.5 Å². The summed E-state index contributed by atoms with van der Waals surface area (Å²) in [6.45, 7) is 7.19. The minimum atomic E-state index is 0.0359. The fraction of sp³-hybridized carbons (Fsp3) is 0.300. The van der Waals surface area contributed by atoms with Gasteiger partial charge in [0.2, 0.25) is 0 Å². The van der Waals surface area contributed by atoms with E-state index in [0.29, 0.717) is 31.0 Å². The van der Waals surface area contributed by atoms with Crippen LogP contribution in [0.25, 0.3) is 0 Å². The van der Waals surface area contributed by atoms with Gasteiger partial charge in [-0.1, -0.05) is 18.2 Å². The van der Waals surface area contributed by atoms with Gasteiger partial charge in [0.1, 0.15) is 11.6 Å². The maximum absolute atomic E-state index is 12.8. The van der Waals surface area contributed by atoms with Gasteiger partial charge in [-0.3, -0.25) is 4.79 Å². The quantitative estimate of drug-likeness (QED) is 0.810. The summed E-state index contributed by atoms with van der Waals surface area (Å²) in [4.78, 5) is 21.2. The number of rotatable bonds is 6.